The largest absolute Gasteiger partial charge is 0.311 e. The van der Waals surface area contributed by atoms with Crippen LogP contribution in [0.2, 0.25) is 0 Å². The van der Waals surface area contributed by atoms with Crippen LogP contribution in [0.4, 0.5) is 0 Å². The Kier molecular flexibility index (Phi) is 5.93. The van der Waals surface area contributed by atoms with Crippen LogP contribution in [0.1, 0.15) is 59.3 Å². The van der Waals surface area contributed by atoms with Crippen LogP contribution >= 0.6 is 0 Å². The second-order valence-electron chi connectivity index (χ2n) is 7.01. The molecule has 0 amide bonds. The molecule has 114 valence electrons. The zero-order valence-electron chi connectivity index (χ0n) is 13.6. The van der Waals surface area contributed by atoms with Crippen molar-refractivity contribution in [1.29, 1.82) is 0 Å². The standard InChI is InChI=1S/C18H32N2/c1-5-16(6-2)20-13-17(15-10-8-7-9-11-15)19-12-18(20)14(3)4/h1,14-19H,6-13H2,2-4H3. The minimum atomic E-state index is 0.315. The van der Waals surface area contributed by atoms with Gasteiger partial charge >= 0.3 is 0 Å². The van der Waals surface area contributed by atoms with Crippen LogP contribution in [0, 0.1) is 24.2 Å². The van der Waals surface area contributed by atoms with E-state index in [1.54, 1.807) is 0 Å². The van der Waals surface area contributed by atoms with Gasteiger partial charge in [0, 0.05) is 25.2 Å². The number of nitrogens with zero attached hydrogens (tertiary/aromatic N) is 1. The van der Waals surface area contributed by atoms with Gasteiger partial charge in [0.2, 0.25) is 0 Å². The fourth-order valence-corrected chi connectivity index (χ4v) is 4.09. The number of terminal acetylenes is 1. The summed E-state index contributed by atoms with van der Waals surface area (Å²) in [5, 5.41) is 3.84. The molecule has 1 aliphatic heterocycles. The Hall–Kier alpha value is -0.520. The van der Waals surface area contributed by atoms with Crippen molar-refractivity contribution in [3.63, 3.8) is 0 Å². The van der Waals surface area contributed by atoms with Gasteiger partial charge in [-0.15, -0.1) is 6.42 Å². The Bertz CT molecular complexity index is 325. The minimum absolute atomic E-state index is 0.315. The number of nitrogens with one attached hydrogen (secondary N) is 1. The normalized spacial score (nSPS) is 31.1. The fraction of sp³-hybridized carbons (Fsp3) is 0.889. The van der Waals surface area contributed by atoms with Crippen molar-refractivity contribution in [2.45, 2.75) is 77.4 Å². The maximum atomic E-state index is 5.79. The molecule has 0 aromatic carbocycles. The van der Waals surface area contributed by atoms with Crippen molar-refractivity contribution in [2.24, 2.45) is 11.8 Å². The van der Waals surface area contributed by atoms with E-state index >= 15 is 0 Å². The zero-order chi connectivity index (χ0) is 14.5. The van der Waals surface area contributed by atoms with E-state index in [0.717, 1.165) is 25.4 Å². The lowest BCUT2D eigenvalue weighted by molar-refractivity contribution is 0.0528. The first-order valence-corrected chi connectivity index (χ1v) is 8.62. The molecule has 3 unspecified atom stereocenters. The van der Waals surface area contributed by atoms with Crippen molar-refractivity contribution >= 4 is 0 Å². The van der Waals surface area contributed by atoms with Crippen LogP contribution in [0.3, 0.4) is 0 Å². The molecule has 1 saturated carbocycles. The van der Waals surface area contributed by atoms with E-state index in [-0.39, 0.29) is 0 Å². The lowest BCUT2D eigenvalue weighted by Gasteiger charge is -2.47. The first-order valence-electron chi connectivity index (χ1n) is 8.62. The van der Waals surface area contributed by atoms with E-state index in [4.69, 9.17) is 6.42 Å². The highest BCUT2D eigenvalue weighted by molar-refractivity contribution is 5.04. The molecule has 0 radical (unpaired) electrons. The van der Waals surface area contributed by atoms with Crippen LogP contribution in [0.25, 0.3) is 0 Å². The third kappa shape index (κ3) is 3.57. The van der Waals surface area contributed by atoms with Crippen LogP contribution in [-0.2, 0) is 0 Å². The lowest BCUT2D eigenvalue weighted by Crippen LogP contribution is -2.62. The molecule has 0 aromatic rings. The third-order valence-electron chi connectivity index (χ3n) is 5.39. The van der Waals surface area contributed by atoms with Gasteiger partial charge in [-0.25, -0.2) is 0 Å². The Labute approximate surface area is 125 Å². The summed E-state index contributed by atoms with van der Waals surface area (Å²) in [7, 11) is 0. The summed E-state index contributed by atoms with van der Waals surface area (Å²) in [6.45, 7) is 9.12. The van der Waals surface area contributed by atoms with Gasteiger partial charge < -0.3 is 5.32 Å². The Morgan fingerprint density at radius 3 is 2.50 bits per heavy atom. The summed E-state index contributed by atoms with van der Waals surface area (Å²) in [6, 6.07) is 1.57. The molecular weight excluding hydrogens is 244 g/mol. The molecular formula is C18H32N2. The van der Waals surface area contributed by atoms with Crippen molar-refractivity contribution in [3.8, 4) is 12.3 Å². The summed E-state index contributed by atoms with van der Waals surface area (Å²) >= 11 is 0. The number of hydrogen-bond donors (Lipinski definition) is 1. The maximum absolute atomic E-state index is 5.79. The number of piperazine rings is 1. The summed E-state index contributed by atoms with van der Waals surface area (Å²) in [4.78, 5) is 2.63. The Morgan fingerprint density at radius 1 is 1.25 bits per heavy atom. The first-order chi connectivity index (χ1) is 9.67. The molecule has 1 heterocycles. The summed E-state index contributed by atoms with van der Waals surface area (Å²) in [6.07, 6.45) is 13.9. The number of hydrogen-bond acceptors (Lipinski definition) is 2. The molecule has 0 bridgehead atoms. The second-order valence-corrected chi connectivity index (χ2v) is 7.01. The average Bonchev–Trinajstić information content (AvgIpc) is 2.49. The zero-order valence-corrected chi connectivity index (χ0v) is 13.6. The predicted molar refractivity (Wildman–Crippen MR) is 86.6 cm³/mol. The summed E-state index contributed by atoms with van der Waals surface area (Å²) in [5.74, 6) is 4.56. The van der Waals surface area contributed by atoms with Crippen LogP contribution in [0.15, 0.2) is 0 Å². The molecule has 1 aliphatic carbocycles. The predicted octanol–water partition coefficient (Wildman–Crippen LogP) is 3.28. The van der Waals surface area contributed by atoms with Gasteiger partial charge in [-0.3, -0.25) is 4.90 Å². The van der Waals surface area contributed by atoms with Gasteiger partial charge in [-0.1, -0.05) is 46.0 Å². The molecule has 2 aliphatic rings. The number of rotatable bonds is 4. The van der Waals surface area contributed by atoms with Crippen molar-refractivity contribution in [3.05, 3.63) is 0 Å². The van der Waals surface area contributed by atoms with Gasteiger partial charge in [0.15, 0.2) is 0 Å². The van der Waals surface area contributed by atoms with E-state index < -0.39 is 0 Å². The monoisotopic (exact) mass is 276 g/mol. The quantitative estimate of drug-likeness (QED) is 0.793. The van der Waals surface area contributed by atoms with E-state index in [1.807, 2.05) is 0 Å². The third-order valence-corrected chi connectivity index (χ3v) is 5.39. The van der Waals surface area contributed by atoms with E-state index in [2.05, 4.69) is 36.9 Å². The maximum Gasteiger partial charge on any atom is 0.0712 e. The highest BCUT2D eigenvalue weighted by Gasteiger charge is 2.36. The van der Waals surface area contributed by atoms with E-state index in [9.17, 15) is 0 Å². The smallest absolute Gasteiger partial charge is 0.0712 e. The molecule has 2 nitrogen and oxygen atoms in total. The van der Waals surface area contributed by atoms with Gasteiger partial charge in [-0.05, 0) is 31.1 Å². The first kappa shape index (κ1) is 15.9. The molecule has 3 atom stereocenters. The van der Waals surface area contributed by atoms with Crippen LogP contribution in [-0.4, -0.2) is 36.1 Å². The van der Waals surface area contributed by atoms with Crippen molar-refractivity contribution in [1.82, 2.24) is 10.2 Å². The second kappa shape index (κ2) is 7.48. The topological polar surface area (TPSA) is 15.3 Å². The van der Waals surface area contributed by atoms with Crippen molar-refractivity contribution < 1.29 is 0 Å². The van der Waals surface area contributed by atoms with Gasteiger partial charge in [0.25, 0.3) is 0 Å². The molecule has 2 fully saturated rings. The summed E-state index contributed by atoms with van der Waals surface area (Å²) < 4.78 is 0. The van der Waals surface area contributed by atoms with E-state index in [1.165, 1.54) is 32.1 Å². The Balaban J connectivity index is 2.05. The lowest BCUT2D eigenvalue weighted by atomic mass is 9.81. The Morgan fingerprint density at radius 2 is 1.95 bits per heavy atom. The highest BCUT2D eigenvalue weighted by Crippen LogP contribution is 2.30. The molecule has 2 heteroatoms. The molecule has 0 aromatic heterocycles. The highest BCUT2D eigenvalue weighted by atomic mass is 15.3. The average molecular weight is 276 g/mol. The minimum Gasteiger partial charge on any atom is -0.311 e. The van der Waals surface area contributed by atoms with E-state index in [0.29, 0.717) is 24.0 Å². The van der Waals surface area contributed by atoms with Gasteiger partial charge in [0.1, 0.15) is 0 Å². The molecule has 1 N–H and O–H groups in total. The molecule has 20 heavy (non-hydrogen) atoms. The molecule has 0 spiro atoms. The summed E-state index contributed by atoms with van der Waals surface area (Å²) in [5.41, 5.74) is 0. The van der Waals surface area contributed by atoms with Gasteiger partial charge in [-0.2, -0.15) is 0 Å². The molecule has 2 rings (SSSR count). The van der Waals surface area contributed by atoms with Crippen molar-refractivity contribution in [2.75, 3.05) is 13.1 Å². The SMILES string of the molecule is C#CC(CC)N1CC(C2CCCCC2)NCC1C(C)C. The van der Waals surface area contributed by atoms with Gasteiger partial charge in [0.05, 0.1) is 6.04 Å². The fourth-order valence-electron chi connectivity index (χ4n) is 4.09. The van der Waals surface area contributed by atoms with Crippen LogP contribution in [0.5, 0.6) is 0 Å². The van der Waals surface area contributed by atoms with Crippen LogP contribution < -0.4 is 5.32 Å². The molecule has 1 saturated heterocycles.